The van der Waals surface area contributed by atoms with E-state index >= 15 is 0 Å². The fourth-order valence-electron chi connectivity index (χ4n) is 3.43. The predicted molar refractivity (Wildman–Crippen MR) is 95.1 cm³/mol. The number of esters is 1. The van der Waals surface area contributed by atoms with Gasteiger partial charge in [0.2, 0.25) is 0 Å². The van der Waals surface area contributed by atoms with Crippen molar-refractivity contribution in [2.45, 2.75) is 46.1 Å². The van der Waals surface area contributed by atoms with Crippen molar-refractivity contribution in [3.05, 3.63) is 58.1 Å². The van der Waals surface area contributed by atoms with E-state index in [0.29, 0.717) is 23.5 Å². The van der Waals surface area contributed by atoms with Crippen LogP contribution in [0.1, 0.15) is 44.2 Å². The lowest BCUT2D eigenvalue weighted by Crippen LogP contribution is -2.37. The number of hydrogen-bond donors (Lipinski definition) is 1. The first-order chi connectivity index (χ1) is 12.4. The SMILES string of the molecule is CCOC(=O)OC1=C(C)NC2=C(C(=O)OC(C)C2)C1c1ccccc1C. The van der Waals surface area contributed by atoms with Gasteiger partial charge in [-0.2, -0.15) is 0 Å². The fourth-order valence-corrected chi connectivity index (χ4v) is 3.43. The van der Waals surface area contributed by atoms with Gasteiger partial charge in [0.1, 0.15) is 11.9 Å². The van der Waals surface area contributed by atoms with Gasteiger partial charge in [-0.1, -0.05) is 24.3 Å². The van der Waals surface area contributed by atoms with Crippen molar-refractivity contribution in [2.24, 2.45) is 0 Å². The molecule has 1 aromatic carbocycles. The quantitative estimate of drug-likeness (QED) is 0.832. The minimum atomic E-state index is -0.788. The Morgan fingerprint density at radius 1 is 1.31 bits per heavy atom. The molecule has 3 rings (SSSR count). The molecule has 26 heavy (non-hydrogen) atoms. The molecule has 1 N–H and O–H groups in total. The molecular weight excluding hydrogens is 334 g/mol. The summed E-state index contributed by atoms with van der Waals surface area (Å²) in [6.45, 7) is 7.57. The van der Waals surface area contributed by atoms with Crippen LogP contribution in [0.5, 0.6) is 0 Å². The molecule has 0 saturated heterocycles. The number of carbonyl (C=O) groups is 2. The zero-order chi connectivity index (χ0) is 18.8. The van der Waals surface area contributed by atoms with Crippen LogP contribution < -0.4 is 5.32 Å². The molecule has 0 spiro atoms. The van der Waals surface area contributed by atoms with Gasteiger partial charge in [-0.3, -0.25) is 0 Å². The van der Waals surface area contributed by atoms with E-state index in [1.807, 2.05) is 45.0 Å². The number of dihydropyridines is 1. The number of ether oxygens (including phenoxy) is 3. The number of allylic oxidation sites excluding steroid dienone is 2. The van der Waals surface area contributed by atoms with Crippen molar-refractivity contribution >= 4 is 12.1 Å². The molecule has 138 valence electrons. The predicted octanol–water partition coefficient (Wildman–Crippen LogP) is 3.68. The van der Waals surface area contributed by atoms with Gasteiger partial charge in [-0.15, -0.1) is 0 Å². The molecule has 0 amide bonds. The number of carbonyl (C=O) groups excluding carboxylic acids is 2. The fraction of sp³-hybridized carbons (Fsp3) is 0.400. The highest BCUT2D eigenvalue weighted by Gasteiger charge is 2.41. The van der Waals surface area contributed by atoms with E-state index in [9.17, 15) is 9.59 Å². The van der Waals surface area contributed by atoms with Gasteiger partial charge in [0.25, 0.3) is 0 Å². The van der Waals surface area contributed by atoms with Crippen molar-refractivity contribution in [3.63, 3.8) is 0 Å². The lowest BCUT2D eigenvalue weighted by atomic mass is 9.81. The van der Waals surface area contributed by atoms with Crippen LogP contribution in [0.2, 0.25) is 0 Å². The molecule has 0 aliphatic carbocycles. The Labute approximate surface area is 152 Å². The van der Waals surface area contributed by atoms with E-state index in [0.717, 1.165) is 16.8 Å². The average Bonchev–Trinajstić information content (AvgIpc) is 2.56. The minimum Gasteiger partial charge on any atom is -0.459 e. The zero-order valence-electron chi connectivity index (χ0n) is 15.4. The number of cyclic esters (lactones) is 1. The van der Waals surface area contributed by atoms with Gasteiger partial charge >= 0.3 is 12.1 Å². The second kappa shape index (κ2) is 7.23. The highest BCUT2D eigenvalue weighted by Crippen LogP contribution is 2.43. The maximum absolute atomic E-state index is 12.7. The van der Waals surface area contributed by atoms with Gasteiger partial charge in [0.15, 0.2) is 0 Å². The van der Waals surface area contributed by atoms with E-state index in [1.54, 1.807) is 6.92 Å². The summed E-state index contributed by atoms with van der Waals surface area (Å²) in [4.78, 5) is 24.7. The van der Waals surface area contributed by atoms with Crippen LogP contribution in [0.25, 0.3) is 0 Å². The molecule has 1 aromatic rings. The molecule has 0 saturated carbocycles. The first-order valence-electron chi connectivity index (χ1n) is 8.74. The third kappa shape index (κ3) is 3.31. The number of nitrogens with one attached hydrogen (secondary N) is 1. The van der Waals surface area contributed by atoms with Crippen LogP contribution in [0.3, 0.4) is 0 Å². The van der Waals surface area contributed by atoms with Crippen LogP contribution in [-0.4, -0.2) is 24.8 Å². The van der Waals surface area contributed by atoms with Crippen molar-refractivity contribution in [1.82, 2.24) is 5.32 Å². The Kier molecular flexibility index (Phi) is 5.02. The maximum Gasteiger partial charge on any atom is 0.513 e. The van der Waals surface area contributed by atoms with E-state index in [1.165, 1.54) is 0 Å². The normalized spacial score (nSPS) is 22.4. The second-order valence-corrected chi connectivity index (χ2v) is 6.50. The van der Waals surface area contributed by atoms with E-state index < -0.39 is 18.0 Å². The number of benzene rings is 1. The lowest BCUT2D eigenvalue weighted by Gasteiger charge is -2.35. The summed E-state index contributed by atoms with van der Waals surface area (Å²) in [7, 11) is 0. The molecule has 2 unspecified atom stereocenters. The summed E-state index contributed by atoms with van der Waals surface area (Å²) in [5.74, 6) is -0.545. The van der Waals surface area contributed by atoms with Crippen LogP contribution in [0.15, 0.2) is 47.0 Å². The van der Waals surface area contributed by atoms with E-state index in [4.69, 9.17) is 14.2 Å². The first kappa shape index (κ1) is 18.0. The van der Waals surface area contributed by atoms with Gasteiger partial charge in [0.05, 0.1) is 23.8 Å². The first-order valence-corrected chi connectivity index (χ1v) is 8.74. The zero-order valence-corrected chi connectivity index (χ0v) is 15.4. The Morgan fingerprint density at radius 3 is 2.73 bits per heavy atom. The van der Waals surface area contributed by atoms with Crippen molar-refractivity contribution in [1.29, 1.82) is 0 Å². The Bertz CT molecular complexity index is 808. The molecule has 6 heteroatoms. The molecule has 2 aliphatic rings. The van der Waals surface area contributed by atoms with Gasteiger partial charge in [-0.25, -0.2) is 9.59 Å². The summed E-state index contributed by atoms with van der Waals surface area (Å²) in [6, 6.07) is 7.73. The maximum atomic E-state index is 12.7. The van der Waals surface area contributed by atoms with Crippen molar-refractivity contribution in [2.75, 3.05) is 6.61 Å². The average molecular weight is 357 g/mol. The molecule has 2 aliphatic heterocycles. The summed E-state index contributed by atoms with van der Waals surface area (Å²) >= 11 is 0. The van der Waals surface area contributed by atoms with Crippen LogP contribution in [0.4, 0.5) is 4.79 Å². The Hall–Kier alpha value is -2.76. The third-order valence-electron chi connectivity index (χ3n) is 4.56. The van der Waals surface area contributed by atoms with Crippen molar-refractivity contribution in [3.8, 4) is 0 Å². The van der Waals surface area contributed by atoms with Gasteiger partial charge in [-0.05, 0) is 38.8 Å². The largest absolute Gasteiger partial charge is 0.513 e. The highest BCUT2D eigenvalue weighted by atomic mass is 16.7. The molecule has 0 aromatic heterocycles. The number of rotatable bonds is 3. The molecule has 2 heterocycles. The summed E-state index contributed by atoms with van der Waals surface area (Å²) in [6.07, 6.45) is -0.400. The molecule has 6 nitrogen and oxygen atoms in total. The third-order valence-corrected chi connectivity index (χ3v) is 4.56. The molecule has 0 bridgehead atoms. The van der Waals surface area contributed by atoms with E-state index in [2.05, 4.69) is 5.32 Å². The number of hydrogen-bond acceptors (Lipinski definition) is 6. The van der Waals surface area contributed by atoms with Crippen LogP contribution in [-0.2, 0) is 19.0 Å². The molecule has 0 fully saturated rings. The van der Waals surface area contributed by atoms with Gasteiger partial charge in [0, 0.05) is 12.1 Å². The standard InChI is InChI=1S/C20H23NO5/c1-5-24-20(23)26-18-13(4)21-15-10-12(3)25-19(22)17(15)16(18)14-9-7-6-8-11(14)2/h6-9,12,16,21H,5,10H2,1-4H3. The summed E-state index contributed by atoms with van der Waals surface area (Å²) in [5, 5.41) is 3.22. The molecule has 2 atom stereocenters. The Balaban J connectivity index is 2.11. The lowest BCUT2D eigenvalue weighted by molar-refractivity contribution is -0.145. The van der Waals surface area contributed by atoms with E-state index in [-0.39, 0.29) is 12.7 Å². The molecule has 0 radical (unpaired) electrons. The summed E-state index contributed by atoms with van der Waals surface area (Å²) in [5.41, 5.74) is 3.88. The summed E-state index contributed by atoms with van der Waals surface area (Å²) < 4.78 is 15.9. The second-order valence-electron chi connectivity index (χ2n) is 6.50. The monoisotopic (exact) mass is 357 g/mol. The number of aryl methyl sites for hydroxylation is 1. The molecular formula is C20H23NO5. The minimum absolute atomic E-state index is 0.202. The topological polar surface area (TPSA) is 73.9 Å². The van der Waals surface area contributed by atoms with Crippen molar-refractivity contribution < 1.29 is 23.8 Å². The van der Waals surface area contributed by atoms with Crippen LogP contribution >= 0.6 is 0 Å². The van der Waals surface area contributed by atoms with Gasteiger partial charge < -0.3 is 19.5 Å². The highest BCUT2D eigenvalue weighted by molar-refractivity contribution is 5.93. The Morgan fingerprint density at radius 2 is 2.04 bits per heavy atom. The van der Waals surface area contributed by atoms with Crippen LogP contribution in [0, 0.1) is 6.92 Å². The smallest absolute Gasteiger partial charge is 0.459 e.